The van der Waals surface area contributed by atoms with Gasteiger partial charge in [-0.25, -0.2) is 0 Å². The lowest BCUT2D eigenvalue weighted by atomic mass is 10.2. The van der Waals surface area contributed by atoms with Crippen LogP contribution in [0.25, 0.3) is 0 Å². The van der Waals surface area contributed by atoms with Crippen LogP contribution in [0, 0.1) is 0 Å². The first-order valence-electron chi connectivity index (χ1n) is 6.68. The average molecular weight is 235 g/mol. The highest BCUT2D eigenvalue weighted by Gasteiger charge is 2.02. The first-order valence-corrected chi connectivity index (χ1v) is 6.68. The molecule has 0 aromatic carbocycles. The van der Waals surface area contributed by atoms with Crippen molar-refractivity contribution in [2.75, 3.05) is 26.2 Å². The van der Waals surface area contributed by atoms with Gasteiger partial charge in [0.05, 0.1) is 0 Å². The second kappa shape index (κ2) is 9.14. The van der Waals surface area contributed by atoms with Gasteiger partial charge >= 0.3 is 0 Å². The van der Waals surface area contributed by atoms with E-state index in [4.69, 9.17) is 0 Å². The van der Waals surface area contributed by atoms with E-state index < -0.39 is 0 Å². The number of pyridine rings is 1. The Balaban J connectivity index is 2.20. The first kappa shape index (κ1) is 14.1. The molecule has 0 aliphatic carbocycles. The molecule has 0 amide bonds. The summed E-state index contributed by atoms with van der Waals surface area (Å²) in [6, 6.07) is 4.18. The molecule has 1 aromatic rings. The Hall–Kier alpha value is -0.930. The monoisotopic (exact) mass is 235 g/mol. The van der Waals surface area contributed by atoms with Gasteiger partial charge in [0, 0.05) is 32.0 Å². The van der Waals surface area contributed by atoms with Crippen LogP contribution in [0.2, 0.25) is 0 Å². The second-order valence-corrected chi connectivity index (χ2v) is 4.33. The molecule has 0 saturated carbocycles. The lowest BCUT2D eigenvalue weighted by molar-refractivity contribution is 0.279. The van der Waals surface area contributed by atoms with E-state index in [0.29, 0.717) is 0 Å². The summed E-state index contributed by atoms with van der Waals surface area (Å²) in [5.74, 6) is 0. The van der Waals surface area contributed by atoms with Gasteiger partial charge < -0.3 is 5.32 Å². The van der Waals surface area contributed by atoms with E-state index in [1.807, 2.05) is 12.4 Å². The molecule has 0 fully saturated rings. The van der Waals surface area contributed by atoms with E-state index in [-0.39, 0.29) is 0 Å². The predicted octanol–water partition coefficient (Wildman–Crippen LogP) is 2.29. The molecule has 1 aromatic heterocycles. The van der Waals surface area contributed by atoms with E-state index in [9.17, 15) is 0 Å². The van der Waals surface area contributed by atoms with Crippen molar-refractivity contribution in [1.82, 2.24) is 15.2 Å². The zero-order chi connectivity index (χ0) is 12.3. The van der Waals surface area contributed by atoms with Crippen molar-refractivity contribution in [1.29, 1.82) is 0 Å². The maximum absolute atomic E-state index is 4.04. The van der Waals surface area contributed by atoms with E-state index in [2.05, 4.69) is 41.2 Å². The van der Waals surface area contributed by atoms with Crippen molar-refractivity contribution in [3.63, 3.8) is 0 Å². The zero-order valence-electron chi connectivity index (χ0n) is 11.2. The molecule has 0 unspecified atom stereocenters. The number of nitrogens with zero attached hydrogens (tertiary/aromatic N) is 2. The van der Waals surface area contributed by atoms with Crippen molar-refractivity contribution in [3.8, 4) is 0 Å². The smallest absolute Gasteiger partial charge is 0.0271 e. The summed E-state index contributed by atoms with van der Waals surface area (Å²) >= 11 is 0. The fourth-order valence-electron chi connectivity index (χ4n) is 1.76. The highest BCUT2D eigenvalue weighted by molar-refractivity contribution is 5.09. The lowest BCUT2D eigenvalue weighted by Gasteiger charge is -2.20. The summed E-state index contributed by atoms with van der Waals surface area (Å²) in [5, 5.41) is 3.48. The lowest BCUT2D eigenvalue weighted by Crippen LogP contribution is -2.32. The van der Waals surface area contributed by atoms with Crippen molar-refractivity contribution in [2.24, 2.45) is 0 Å². The minimum absolute atomic E-state index is 1.02. The molecule has 0 radical (unpaired) electrons. The van der Waals surface area contributed by atoms with Crippen molar-refractivity contribution >= 4 is 0 Å². The van der Waals surface area contributed by atoms with E-state index >= 15 is 0 Å². The van der Waals surface area contributed by atoms with Gasteiger partial charge in [0.2, 0.25) is 0 Å². The Labute approximate surface area is 105 Å². The van der Waals surface area contributed by atoms with Gasteiger partial charge in [0.15, 0.2) is 0 Å². The average Bonchev–Trinajstić information content (AvgIpc) is 2.38. The SMILES string of the molecule is CCCCNCCN(CC)Cc1ccncc1. The molecule has 1 N–H and O–H groups in total. The van der Waals surface area contributed by atoms with Gasteiger partial charge in [-0.15, -0.1) is 0 Å². The predicted molar refractivity (Wildman–Crippen MR) is 73.0 cm³/mol. The molecule has 0 aliphatic rings. The topological polar surface area (TPSA) is 28.2 Å². The van der Waals surface area contributed by atoms with E-state index in [1.54, 1.807) is 0 Å². The maximum atomic E-state index is 4.04. The molecular formula is C14H25N3. The van der Waals surface area contributed by atoms with Crippen molar-refractivity contribution in [3.05, 3.63) is 30.1 Å². The summed E-state index contributed by atoms with van der Waals surface area (Å²) in [4.78, 5) is 6.50. The van der Waals surface area contributed by atoms with E-state index in [0.717, 1.165) is 32.7 Å². The Bertz CT molecular complexity index is 274. The van der Waals surface area contributed by atoms with Gasteiger partial charge in [0.25, 0.3) is 0 Å². The van der Waals surface area contributed by atoms with Gasteiger partial charge in [-0.05, 0) is 37.2 Å². The maximum Gasteiger partial charge on any atom is 0.0271 e. The highest BCUT2D eigenvalue weighted by Crippen LogP contribution is 2.01. The van der Waals surface area contributed by atoms with Gasteiger partial charge in [0.1, 0.15) is 0 Å². The summed E-state index contributed by atoms with van der Waals surface area (Å²) in [5.41, 5.74) is 1.34. The first-order chi connectivity index (χ1) is 8.36. The summed E-state index contributed by atoms with van der Waals surface area (Å²) in [7, 11) is 0. The van der Waals surface area contributed by atoms with Gasteiger partial charge in [-0.3, -0.25) is 9.88 Å². The number of aromatic nitrogens is 1. The minimum atomic E-state index is 1.02. The normalized spacial score (nSPS) is 11.0. The Morgan fingerprint density at radius 2 is 1.94 bits per heavy atom. The number of nitrogens with one attached hydrogen (secondary N) is 1. The largest absolute Gasteiger partial charge is 0.315 e. The van der Waals surface area contributed by atoms with Crippen LogP contribution in [0.5, 0.6) is 0 Å². The van der Waals surface area contributed by atoms with Gasteiger partial charge in [-0.2, -0.15) is 0 Å². The standard InChI is InChI=1S/C14H25N3/c1-3-5-8-15-11-12-17(4-2)13-14-6-9-16-10-7-14/h6-7,9-10,15H,3-5,8,11-13H2,1-2H3. The number of rotatable bonds is 9. The van der Waals surface area contributed by atoms with Crippen LogP contribution in [-0.2, 0) is 6.54 Å². The van der Waals surface area contributed by atoms with Crippen LogP contribution in [0.4, 0.5) is 0 Å². The summed E-state index contributed by atoms with van der Waals surface area (Å²) < 4.78 is 0. The number of unbranched alkanes of at least 4 members (excludes halogenated alkanes) is 1. The second-order valence-electron chi connectivity index (χ2n) is 4.33. The van der Waals surface area contributed by atoms with Crippen LogP contribution in [0.15, 0.2) is 24.5 Å². The molecular weight excluding hydrogens is 210 g/mol. The molecule has 0 bridgehead atoms. The molecule has 96 valence electrons. The third-order valence-electron chi connectivity index (χ3n) is 2.91. The van der Waals surface area contributed by atoms with Crippen LogP contribution in [0.1, 0.15) is 32.3 Å². The fourth-order valence-corrected chi connectivity index (χ4v) is 1.76. The molecule has 0 spiro atoms. The highest BCUT2D eigenvalue weighted by atomic mass is 15.1. The van der Waals surface area contributed by atoms with Crippen LogP contribution < -0.4 is 5.32 Å². The molecule has 1 rings (SSSR count). The van der Waals surface area contributed by atoms with Crippen molar-refractivity contribution < 1.29 is 0 Å². The van der Waals surface area contributed by atoms with Gasteiger partial charge in [-0.1, -0.05) is 20.3 Å². The van der Waals surface area contributed by atoms with Crippen LogP contribution in [0.3, 0.4) is 0 Å². The molecule has 17 heavy (non-hydrogen) atoms. The number of hydrogen-bond acceptors (Lipinski definition) is 3. The Kier molecular flexibility index (Phi) is 7.60. The Morgan fingerprint density at radius 1 is 1.18 bits per heavy atom. The Morgan fingerprint density at radius 3 is 2.59 bits per heavy atom. The van der Waals surface area contributed by atoms with Crippen LogP contribution >= 0.6 is 0 Å². The number of likely N-dealkylation sites (N-methyl/N-ethyl adjacent to an activating group) is 1. The third kappa shape index (κ3) is 6.39. The molecule has 0 atom stereocenters. The van der Waals surface area contributed by atoms with E-state index in [1.165, 1.54) is 18.4 Å². The summed E-state index contributed by atoms with van der Waals surface area (Å²) in [6.45, 7) is 9.90. The molecule has 0 saturated heterocycles. The minimum Gasteiger partial charge on any atom is -0.315 e. The quantitative estimate of drug-likeness (QED) is 0.666. The molecule has 0 aliphatic heterocycles. The fraction of sp³-hybridized carbons (Fsp3) is 0.643. The van der Waals surface area contributed by atoms with Crippen LogP contribution in [-0.4, -0.2) is 36.1 Å². The van der Waals surface area contributed by atoms with Crippen molar-refractivity contribution in [2.45, 2.75) is 33.2 Å². The molecule has 1 heterocycles. The summed E-state index contributed by atoms with van der Waals surface area (Å²) in [6.07, 6.45) is 6.27. The third-order valence-corrected chi connectivity index (χ3v) is 2.91. The molecule has 3 nitrogen and oxygen atoms in total. The number of hydrogen-bond donors (Lipinski definition) is 1. The zero-order valence-corrected chi connectivity index (χ0v) is 11.2. The molecule has 3 heteroatoms.